The molecule has 1 aromatic heterocycles. The van der Waals surface area contributed by atoms with Gasteiger partial charge in [0.2, 0.25) is 0 Å². The van der Waals surface area contributed by atoms with Crippen LogP contribution in [0.1, 0.15) is 24.6 Å². The normalized spacial score (nSPS) is 10.3. The Labute approximate surface area is 121 Å². The monoisotopic (exact) mass is 286 g/mol. The van der Waals surface area contributed by atoms with Gasteiger partial charge in [-0.2, -0.15) is 5.26 Å². The Hall–Kier alpha value is -2.79. The van der Waals surface area contributed by atoms with E-state index < -0.39 is 4.92 Å². The third kappa shape index (κ3) is 3.40. The van der Waals surface area contributed by atoms with Gasteiger partial charge in [0.15, 0.2) is 0 Å². The van der Waals surface area contributed by atoms with Gasteiger partial charge in [-0.05, 0) is 25.1 Å². The van der Waals surface area contributed by atoms with Gasteiger partial charge >= 0.3 is 0 Å². The summed E-state index contributed by atoms with van der Waals surface area (Å²) in [6.45, 7) is 3.48. The van der Waals surface area contributed by atoms with E-state index in [2.05, 4.69) is 22.6 Å². The fourth-order valence-electron chi connectivity index (χ4n) is 1.82. The number of nitrogens with zero attached hydrogens (tertiary/aromatic N) is 5. The summed E-state index contributed by atoms with van der Waals surface area (Å²) < 4.78 is 1.35. The van der Waals surface area contributed by atoms with Crippen LogP contribution in [0.3, 0.4) is 0 Å². The van der Waals surface area contributed by atoms with Gasteiger partial charge in [0, 0.05) is 12.6 Å². The van der Waals surface area contributed by atoms with Gasteiger partial charge in [-0.15, -0.1) is 5.10 Å². The number of benzene rings is 1. The van der Waals surface area contributed by atoms with Crippen molar-refractivity contribution in [2.24, 2.45) is 0 Å². The van der Waals surface area contributed by atoms with E-state index in [1.807, 2.05) is 6.07 Å². The summed E-state index contributed by atoms with van der Waals surface area (Å²) in [5, 5.41) is 31.0. The minimum atomic E-state index is -0.535. The van der Waals surface area contributed by atoms with Gasteiger partial charge in [0.1, 0.15) is 5.69 Å². The molecule has 1 N–H and O–H groups in total. The summed E-state index contributed by atoms with van der Waals surface area (Å²) in [4.78, 5) is 10.6. The first-order valence-corrected chi connectivity index (χ1v) is 6.46. The van der Waals surface area contributed by atoms with Crippen molar-refractivity contribution in [3.05, 3.63) is 45.8 Å². The zero-order chi connectivity index (χ0) is 15.2. The maximum atomic E-state index is 11.1. The van der Waals surface area contributed by atoms with Crippen LogP contribution in [-0.4, -0.2) is 26.5 Å². The van der Waals surface area contributed by atoms with Crippen LogP contribution in [0.15, 0.2) is 24.4 Å². The molecule has 0 amide bonds. The van der Waals surface area contributed by atoms with Gasteiger partial charge in [-0.1, -0.05) is 12.1 Å². The SMILES string of the molecule is CCCNCc1cn(-c2ccc(C#N)cc2[N+](=O)[O-])nn1. The molecule has 0 aliphatic carbocycles. The number of hydrogen-bond donors (Lipinski definition) is 1. The Bertz CT molecular complexity index is 688. The average Bonchev–Trinajstić information content (AvgIpc) is 2.95. The number of aromatic nitrogens is 3. The lowest BCUT2D eigenvalue weighted by Crippen LogP contribution is -2.13. The standard InChI is InChI=1S/C13H14N6O2/c1-2-5-15-8-11-9-18(17-16-11)12-4-3-10(7-14)6-13(12)19(20)21/h3-4,6,9,15H,2,5,8H2,1H3. The number of rotatable bonds is 6. The van der Waals surface area contributed by atoms with E-state index in [0.29, 0.717) is 12.2 Å². The molecule has 0 atom stereocenters. The van der Waals surface area contributed by atoms with E-state index in [1.54, 1.807) is 6.20 Å². The van der Waals surface area contributed by atoms with E-state index in [-0.39, 0.29) is 16.9 Å². The zero-order valence-corrected chi connectivity index (χ0v) is 11.5. The van der Waals surface area contributed by atoms with Crippen molar-refractivity contribution in [2.75, 3.05) is 6.54 Å². The molecule has 2 aromatic rings. The van der Waals surface area contributed by atoms with E-state index in [1.165, 1.54) is 22.9 Å². The molecule has 1 heterocycles. The van der Waals surface area contributed by atoms with Crippen LogP contribution in [0.5, 0.6) is 0 Å². The van der Waals surface area contributed by atoms with Crippen LogP contribution in [0, 0.1) is 21.4 Å². The largest absolute Gasteiger partial charge is 0.311 e. The lowest BCUT2D eigenvalue weighted by molar-refractivity contribution is -0.384. The molecule has 0 unspecified atom stereocenters. The molecule has 8 nitrogen and oxygen atoms in total. The highest BCUT2D eigenvalue weighted by atomic mass is 16.6. The van der Waals surface area contributed by atoms with Crippen LogP contribution in [0.25, 0.3) is 5.69 Å². The summed E-state index contributed by atoms with van der Waals surface area (Å²) in [5.74, 6) is 0. The van der Waals surface area contributed by atoms with E-state index >= 15 is 0 Å². The van der Waals surface area contributed by atoms with Crippen molar-refractivity contribution in [2.45, 2.75) is 19.9 Å². The van der Waals surface area contributed by atoms with Crippen LogP contribution >= 0.6 is 0 Å². The topological polar surface area (TPSA) is 110 Å². The van der Waals surface area contributed by atoms with Crippen LogP contribution in [0.2, 0.25) is 0 Å². The van der Waals surface area contributed by atoms with Gasteiger partial charge in [-0.3, -0.25) is 10.1 Å². The third-order valence-corrected chi connectivity index (χ3v) is 2.82. The number of hydrogen-bond acceptors (Lipinski definition) is 6. The minimum absolute atomic E-state index is 0.174. The highest BCUT2D eigenvalue weighted by Crippen LogP contribution is 2.23. The molecule has 2 rings (SSSR count). The average molecular weight is 286 g/mol. The fourth-order valence-corrected chi connectivity index (χ4v) is 1.82. The van der Waals surface area contributed by atoms with Crippen molar-refractivity contribution < 1.29 is 4.92 Å². The van der Waals surface area contributed by atoms with Gasteiger partial charge in [0.25, 0.3) is 5.69 Å². The van der Waals surface area contributed by atoms with Crippen LogP contribution in [-0.2, 0) is 6.54 Å². The molecule has 8 heteroatoms. The van der Waals surface area contributed by atoms with Crippen molar-refractivity contribution in [1.29, 1.82) is 5.26 Å². The number of nitrogens with one attached hydrogen (secondary N) is 1. The first-order valence-electron chi connectivity index (χ1n) is 6.46. The zero-order valence-electron chi connectivity index (χ0n) is 11.5. The highest BCUT2D eigenvalue weighted by Gasteiger charge is 2.17. The van der Waals surface area contributed by atoms with Gasteiger partial charge in [0.05, 0.1) is 28.4 Å². The summed E-state index contributed by atoms with van der Waals surface area (Å²) in [7, 11) is 0. The first-order chi connectivity index (χ1) is 10.2. The first kappa shape index (κ1) is 14.6. The fraction of sp³-hybridized carbons (Fsp3) is 0.308. The number of nitriles is 1. The summed E-state index contributed by atoms with van der Waals surface area (Å²) in [5.41, 5.74) is 1.04. The minimum Gasteiger partial charge on any atom is -0.311 e. The molecule has 0 saturated heterocycles. The van der Waals surface area contributed by atoms with Crippen LogP contribution in [0.4, 0.5) is 5.69 Å². The molecule has 0 radical (unpaired) electrons. The summed E-state index contributed by atoms with van der Waals surface area (Å²) >= 11 is 0. The summed E-state index contributed by atoms with van der Waals surface area (Å²) in [6.07, 6.45) is 2.65. The second-order valence-electron chi connectivity index (χ2n) is 4.40. The maximum Gasteiger partial charge on any atom is 0.296 e. The second-order valence-corrected chi connectivity index (χ2v) is 4.40. The molecule has 21 heavy (non-hydrogen) atoms. The van der Waals surface area contributed by atoms with Crippen molar-refractivity contribution in [3.8, 4) is 11.8 Å². The lowest BCUT2D eigenvalue weighted by Gasteiger charge is -2.02. The Morgan fingerprint density at radius 2 is 2.33 bits per heavy atom. The number of nitro benzene ring substituents is 1. The maximum absolute atomic E-state index is 11.1. The van der Waals surface area contributed by atoms with Gasteiger partial charge < -0.3 is 5.32 Å². The van der Waals surface area contributed by atoms with Crippen LogP contribution < -0.4 is 5.32 Å². The second kappa shape index (κ2) is 6.58. The lowest BCUT2D eigenvalue weighted by atomic mass is 10.2. The molecular weight excluding hydrogens is 272 g/mol. The van der Waals surface area contributed by atoms with Gasteiger partial charge in [-0.25, -0.2) is 4.68 Å². The number of nitro groups is 1. The molecule has 108 valence electrons. The third-order valence-electron chi connectivity index (χ3n) is 2.82. The summed E-state index contributed by atoms with van der Waals surface area (Å²) in [6, 6.07) is 6.12. The van der Waals surface area contributed by atoms with E-state index in [4.69, 9.17) is 5.26 Å². The molecule has 0 fully saturated rings. The molecular formula is C13H14N6O2. The smallest absolute Gasteiger partial charge is 0.296 e. The van der Waals surface area contributed by atoms with Crippen molar-refractivity contribution in [1.82, 2.24) is 20.3 Å². The molecule has 0 aliphatic heterocycles. The Balaban J connectivity index is 2.29. The Morgan fingerprint density at radius 3 is 3.00 bits per heavy atom. The predicted octanol–water partition coefficient (Wildman–Crippen LogP) is 1.55. The molecule has 1 aromatic carbocycles. The molecule has 0 aliphatic rings. The highest BCUT2D eigenvalue weighted by molar-refractivity contribution is 5.55. The Morgan fingerprint density at radius 1 is 1.52 bits per heavy atom. The molecule has 0 bridgehead atoms. The molecule has 0 saturated carbocycles. The van der Waals surface area contributed by atoms with Crippen molar-refractivity contribution in [3.63, 3.8) is 0 Å². The van der Waals surface area contributed by atoms with E-state index in [0.717, 1.165) is 13.0 Å². The quantitative estimate of drug-likeness (QED) is 0.490. The van der Waals surface area contributed by atoms with E-state index in [9.17, 15) is 10.1 Å². The predicted molar refractivity (Wildman–Crippen MR) is 74.7 cm³/mol. The van der Waals surface area contributed by atoms with Crippen molar-refractivity contribution >= 4 is 5.69 Å². The Kier molecular flexibility index (Phi) is 4.58. The molecule has 0 spiro atoms.